The van der Waals surface area contributed by atoms with Crippen molar-refractivity contribution in [3.63, 3.8) is 0 Å². The summed E-state index contributed by atoms with van der Waals surface area (Å²) in [5.74, 6) is 0.655. The second-order valence-corrected chi connectivity index (χ2v) is 5.79. The Hall–Kier alpha value is -1.55. The number of carbonyl (C=O) groups excluding carboxylic acids is 1. The molecule has 3 fully saturated rings. The van der Waals surface area contributed by atoms with Crippen LogP contribution < -0.4 is 11.1 Å². The summed E-state index contributed by atoms with van der Waals surface area (Å²) in [5, 5.41) is 3.18. The van der Waals surface area contributed by atoms with Crippen molar-refractivity contribution in [3.8, 4) is 0 Å². The Labute approximate surface area is 114 Å². The van der Waals surface area contributed by atoms with E-state index in [2.05, 4.69) is 10.2 Å². The Morgan fingerprint density at radius 3 is 2.68 bits per heavy atom. The van der Waals surface area contributed by atoms with Crippen molar-refractivity contribution in [2.24, 2.45) is 5.92 Å². The van der Waals surface area contributed by atoms with Gasteiger partial charge < -0.3 is 16.0 Å². The van der Waals surface area contributed by atoms with Gasteiger partial charge in [0.1, 0.15) is 0 Å². The van der Waals surface area contributed by atoms with E-state index in [-0.39, 0.29) is 5.91 Å². The predicted molar refractivity (Wildman–Crippen MR) is 76.0 cm³/mol. The number of hydrogen-bond donors (Lipinski definition) is 2. The molecule has 0 radical (unpaired) electrons. The first-order chi connectivity index (χ1) is 9.13. The van der Waals surface area contributed by atoms with Gasteiger partial charge in [0.2, 0.25) is 0 Å². The fourth-order valence-corrected chi connectivity index (χ4v) is 3.16. The highest BCUT2D eigenvalue weighted by atomic mass is 16.1. The highest BCUT2D eigenvalue weighted by molar-refractivity contribution is 5.95. The molecule has 1 aromatic rings. The molecule has 1 amide bonds. The summed E-state index contributed by atoms with van der Waals surface area (Å²) in [6.07, 6.45) is 2.42. The van der Waals surface area contributed by atoms with E-state index >= 15 is 0 Å². The Morgan fingerprint density at radius 2 is 2.11 bits per heavy atom. The van der Waals surface area contributed by atoms with Gasteiger partial charge in [-0.05, 0) is 56.5 Å². The lowest BCUT2D eigenvalue weighted by molar-refractivity contribution is 0.0620. The number of nitrogens with zero attached hydrogens (tertiary/aromatic N) is 1. The first-order valence-corrected chi connectivity index (χ1v) is 7.03. The van der Waals surface area contributed by atoms with Crippen LogP contribution in [0.4, 0.5) is 5.69 Å². The van der Waals surface area contributed by atoms with Crippen LogP contribution in [0.2, 0.25) is 0 Å². The van der Waals surface area contributed by atoms with Crippen molar-refractivity contribution in [3.05, 3.63) is 29.3 Å². The van der Waals surface area contributed by atoms with Gasteiger partial charge in [-0.25, -0.2) is 0 Å². The van der Waals surface area contributed by atoms with E-state index in [1.807, 2.05) is 19.1 Å². The van der Waals surface area contributed by atoms with E-state index in [1.54, 1.807) is 6.07 Å². The molecule has 0 aromatic heterocycles. The molecule has 3 aliphatic heterocycles. The number of nitrogens with one attached hydrogen (secondary N) is 1. The average Bonchev–Trinajstić information content (AvgIpc) is 2.43. The molecule has 4 heteroatoms. The molecule has 19 heavy (non-hydrogen) atoms. The van der Waals surface area contributed by atoms with Gasteiger partial charge in [-0.3, -0.25) is 4.79 Å². The molecule has 3 saturated heterocycles. The van der Waals surface area contributed by atoms with Crippen LogP contribution in [0.15, 0.2) is 18.2 Å². The van der Waals surface area contributed by atoms with Crippen LogP contribution in [-0.2, 0) is 0 Å². The smallest absolute Gasteiger partial charge is 0.251 e. The van der Waals surface area contributed by atoms with Gasteiger partial charge in [0.15, 0.2) is 0 Å². The highest BCUT2D eigenvalue weighted by Gasteiger charge is 2.34. The summed E-state index contributed by atoms with van der Waals surface area (Å²) in [5.41, 5.74) is 8.23. The third-order valence-corrected chi connectivity index (χ3v) is 4.51. The van der Waals surface area contributed by atoms with Gasteiger partial charge in [-0.15, -0.1) is 0 Å². The summed E-state index contributed by atoms with van der Waals surface area (Å²) in [6.45, 7) is 5.32. The summed E-state index contributed by atoms with van der Waals surface area (Å²) in [4.78, 5) is 14.7. The van der Waals surface area contributed by atoms with E-state index in [0.29, 0.717) is 23.2 Å². The lowest BCUT2D eigenvalue weighted by Gasteiger charge is -2.44. The maximum absolute atomic E-state index is 12.3. The summed E-state index contributed by atoms with van der Waals surface area (Å²) in [6, 6.07) is 5.83. The molecule has 1 unspecified atom stereocenters. The van der Waals surface area contributed by atoms with Gasteiger partial charge in [-0.2, -0.15) is 0 Å². The second kappa shape index (κ2) is 4.85. The molecule has 3 heterocycles. The number of fused-ring (bicyclic) bond motifs is 3. The molecule has 0 saturated carbocycles. The second-order valence-electron chi connectivity index (χ2n) is 5.79. The third-order valence-electron chi connectivity index (χ3n) is 4.51. The minimum Gasteiger partial charge on any atom is -0.398 e. The number of hydrogen-bond acceptors (Lipinski definition) is 3. The summed E-state index contributed by atoms with van der Waals surface area (Å²) in [7, 11) is 0. The molecule has 4 rings (SSSR count). The van der Waals surface area contributed by atoms with Crippen LogP contribution in [0.5, 0.6) is 0 Å². The first kappa shape index (κ1) is 12.5. The fraction of sp³-hybridized carbons (Fsp3) is 0.533. The zero-order valence-electron chi connectivity index (χ0n) is 11.4. The van der Waals surface area contributed by atoms with Crippen LogP contribution in [0.25, 0.3) is 0 Å². The molecule has 4 nitrogen and oxygen atoms in total. The number of nitrogen functional groups attached to an aromatic ring is 1. The summed E-state index contributed by atoms with van der Waals surface area (Å²) < 4.78 is 0. The average molecular weight is 259 g/mol. The van der Waals surface area contributed by atoms with E-state index in [0.717, 1.165) is 12.1 Å². The number of rotatable bonds is 2. The molecular formula is C15H21N3O. The standard InChI is InChI=1S/C15H21N3O/c1-10-2-3-12(8-13(10)16)15(19)17-14-9-18-6-4-11(14)5-7-18/h2-3,8,11,14H,4-7,9,16H2,1H3,(H,17,19). The van der Waals surface area contributed by atoms with Crippen molar-refractivity contribution < 1.29 is 4.79 Å². The SMILES string of the molecule is Cc1ccc(C(=O)NC2CN3CCC2CC3)cc1N. The number of anilines is 1. The molecular weight excluding hydrogens is 238 g/mol. The Bertz CT molecular complexity index is 492. The highest BCUT2D eigenvalue weighted by Crippen LogP contribution is 2.27. The van der Waals surface area contributed by atoms with E-state index in [9.17, 15) is 4.79 Å². The monoisotopic (exact) mass is 259 g/mol. The van der Waals surface area contributed by atoms with Crippen molar-refractivity contribution in [1.29, 1.82) is 0 Å². The number of aryl methyl sites for hydroxylation is 1. The zero-order chi connectivity index (χ0) is 13.4. The number of amides is 1. The molecule has 1 atom stereocenters. The number of nitrogens with two attached hydrogens (primary N) is 1. The third kappa shape index (κ3) is 2.45. The molecule has 3 aliphatic rings. The molecule has 2 bridgehead atoms. The number of carbonyl (C=O) groups is 1. The van der Waals surface area contributed by atoms with Crippen molar-refractivity contribution in [1.82, 2.24) is 10.2 Å². The molecule has 0 aliphatic carbocycles. The predicted octanol–water partition coefficient (Wildman–Crippen LogP) is 1.40. The fourth-order valence-electron chi connectivity index (χ4n) is 3.16. The normalized spacial score (nSPS) is 29.2. The van der Waals surface area contributed by atoms with E-state index < -0.39 is 0 Å². The number of piperidine rings is 3. The zero-order valence-corrected chi connectivity index (χ0v) is 11.4. The van der Waals surface area contributed by atoms with E-state index in [1.165, 1.54) is 25.9 Å². The van der Waals surface area contributed by atoms with Gasteiger partial charge in [0.25, 0.3) is 5.91 Å². The van der Waals surface area contributed by atoms with Gasteiger partial charge >= 0.3 is 0 Å². The van der Waals surface area contributed by atoms with Crippen LogP contribution in [-0.4, -0.2) is 36.5 Å². The van der Waals surface area contributed by atoms with Gasteiger partial charge in [-0.1, -0.05) is 6.07 Å². The Kier molecular flexibility index (Phi) is 3.19. The van der Waals surface area contributed by atoms with Crippen molar-refractivity contribution in [2.75, 3.05) is 25.4 Å². The van der Waals surface area contributed by atoms with Crippen LogP contribution in [0.3, 0.4) is 0 Å². The van der Waals surface area contributed by atoms with Gasteiger partial charge in [0, 0.05) is 23.8 Å². The molecule has 0 spiro atoms. The number of benzene rings is 1. The van der Waals surface area contributed by atoms with E-state index in [4.69, 9.17) is 5.73 Å². The quantitative estimate of drug-likeness (QED) is 0.789. The van der Waals surface area contributed by atoms with Gasteiger partial charge in [0.05, 0.1) is 0 Å². The topological polar surface area (TPSA) is 58.4 Å². The molecule has 102 valence electrons. The van der Waals surface area contributed by atoms with Crippen molar-refractivity contribution >= 4 is 11.6 Å². The minimum absolute atomic E-state index is 0.00505. The molecule has 3 N–H and O–H groups in total. The maximum Gasteiger partial charge on any atom is 0.251 e. The van der Waals surface area contributed by atoms with Crippen LogP contribution in [0, 0.1) is 12.8 Å². The van der Waals surface area contributed by atoms with Crippen LogP contribution >= 0.6 is 0 Å². The lowest BCUT2D eigenvalue weighted by Crippen LogP contribution is -2.57. The van der Waals surface area contributed by atoms with Crippen molar-refractivity contribution in [2.45, 2.75) is 25.8 Å². The molecule has 1 aromatic carbocycles. The summed E-state index contributed by atoms with van der Waals surface area (Å²) >= 11 is 0. The first-order valence-electron chi connectivity index (χ1n) is 7.03. The Morgan fingerprint density at radius 1 is 1.37 bits per heavy atom. The Balaban J connectivity index is 1.69. The lowest BCUT2D eigenvalue weighted by atomic mass is 9.84. The maximum atomic E-state index is 12.3. The van der Waals surface area contributed by atoms with Crippen LogP contribution in [0.1, 0.15) is 28.8 Å². The largest absolute Gasteiger partial charge is 0.398 e. The minimum atomic E-state index is 0.00505.